The number of nitrogens with zero attached hydrogens (tertiary/aromatic N) is 2. The molecule has 106 valence electrons. The summed E-state index contributed by atoms with van der Waals surface area (Å²) in [7, 11) is 2.23. The molecule has 1 aromatic rings. The summed E-state index contributed by atoms with van der Waals surface area (Å²) in [5, 5.41) is 10.0. The zero-order valence-electron chi connectivity index (χ0n) is 12.3. The molecule has 4 nitrogen and oxygen atoms in total. The molecule has 1 aliphatic rings. The van der Waals surface area contributed by atoms with E-state index < -0.39 is 4.92 Å². The van der Waals surface area contributed by atoms with Gasteiger partial charge in [-0.05, 0) is 46.2 Å². The molecule has 0 amide bonds. The van der Waals surface area contributed by atoms with E-state index in [2.05, 4.69) is 32.7 Å². The van der Waals surface area contributed by atoms with Gasteiger partial charge in [-0.2, -0.15) is 0 Å². The third-order valence-corrected chi connectivity index (χ3v) is 4.29. The van der Waals surface area contributed by atoms with Crippen molar-refractivity contribution in [3.63, 3.8) is 0 Å². The molecule has 0 bridgehead atoms. The normalized spacial score (nSPS) is 22.2. The van der Waals surface area contributed by atoms with E-state index in [0.717, 1.165) is 5.92 Å². The summed E-state index contributed by atoms with van der Waals surface area (Å²) in [6.45, 7) is 8.32. The van der Waals surface area contributed by atoms with Crippen LogP contribution in [-0.4, -0.2) is 29.0 Å². The highest BCUT2D eigenvalue weighted by Crippen LogP contribution is 2.31. The van der Waals surface area contributed by atoms with Crippen LogP contribution in [0.2, 0.25) is 0 Å². The number of hydrogen-bond acceptors (Lipinski definition) is 3. The minimum atomic E-state index is -0.417. The van der Waals surface area contributed by atoms with Gasteiger partial charge in [0.25, 0.3) is 5.69 Å². The Morgan fingerprint density at radius 1 is 1.32 bits per heavy atom. The first-order valence-corrected chi connectivity index (χ1v) is 6.76. The van der Waals surface area contributed by atoms with Crippen LogP contribution in [0.3, 0.4) is 0 Å². The van der Waals surface area contributed by atoms with Gasteiger partial charge < -0.3 is 4.90 Å². The Morgan fingerprint density at radius 3 is 2.26 bits per heavy atom. The van der Waals surface area contributed by atoms with Gasteiger partial charge in [0.05, 0.1) is 4.92 Å². The lowest BCUT2D eigenvalue weighted by atomic mass is 9.81. The first-order valence-electron chi connectivity index (χ1n) is 6.76. The molecular formula is C15H24N2O2. The topological polar surface area (TPSA) is 46.4 Å². The van der Waals surface area contributed by atoms with Crippen molar-refractivity contribution in [2.24, 2.45) is 5.92 Å². The van der Waals surface area contributed by atoms with Crippen LogP contribution in [0.5, 0.6) is 0 Å². The summed E-state index contributed by atoms with van der Waals surface area (Å²) in [6, 6.07) is 7.93. The molecule has 1 aromatic carbocycles. The number of non-ortho nitro benzene ring substituents is 1. The van der Waals surface area contributed by atoms with Crippen molar-refractivity contribution >= 4 is 5.69 Å². The highest BCUT2D eigenvalue weighted by molar-refractivity contribution is 5.27. The minimum absolute atomic E-state index is 0.137. The number of nitro benzene ring substituents is 1. The van der Waals surface area contributed by atoms with Gasteiger partial charge in [0.1, 0.15) is 0 Å². The Hall–Kier alpha value is -1.42. The molecule has 1 unspecified atom stereocenters. The van der Waals surface area contributed by atoms with Crippen molar-refractivity contribution < 1.29 is 4.92 Å². The maximum Gasteiger partial charge on any atom is 0.269 e. The summed E-state index contributed by atoms with van der Waals surface area (Å²) in [5.74, 6) is 0.853. The van der Waals surface area contributed by atoms with E-state index in [-0.39, 0.29) is 5.69 Å². The molecule has 1 fully saturated rings. The number of nitro groups is 1. The van der Waals surface area contributed by atoms with Crippen molar-refractivity contribution in [1.29, 1.82) is 0 Å². The van der Waals surface area contributed by atoms with Crippen molar-refractivity contribution in [1.82, 2.24) is 4.90 Å². The Bertz CT molecular complexity index is 392. The lowest BCUT2D eigenvalue weighted by Gasteiger charge is -2.44. The molecule has 0 radical (unpaired) electrons. The molecule has 0 spiro atoms. The van der Waals surface area contributed by atoms with E-state index in [1.807, 2.05) is 0 Å². The summed E-state index contributed by atoms with van der Waals surface area (Å²) in [5.41, 5.74) is 0.565. The lowest BCUT2D eigenvalue weighted by molar-refractivity contribution is -0.384. The average molecular weight is 264 g/mol. The van der Waals surface area contributed by atoms with Crippen LogP contribution in [0.4, 0.5) is 5.69 Å². The lowest BCUT2D eigenvalue weighted by Crippen LogP contribution is -2.49. The number of likely N-dealkylation sites (tertiary alicyclic amines) is 1. The highest BCUT2D eigenvalue weighted by atomic mass is 16.6. The highest BCUT2D eigenvalue weighted by Gasteiger charge is 2.32. The summed E-state index contributed by atoms with van der Waals surface area (Å²) >= 11 is 0. The maximum atomic E-state index is 10.0. The summed E-state index contributed by atoms with van der Waals surface area (Å²) in [4.78, 5) is 12.1. The Morgan fingerprint density at radius 2 is 1.89 bits per heavy atom. The maximum absolute atomic E-state index is 10.0. The van der Waals surface area contributed by atoms with Gasteiger partial charge in [-0.15, -0.1) is 0 Å². The fraction of sp³-hybridized carbons (Fsp3) is 0.600. The first-order chi connectivity index (χ1) is 8.85. The number of piperidine rings is 1. The van der Waals surface area contributed by atoms with Crippen molar-refractivity contribution in [2.45, 2.75) is 39.2 Å². The van der Waals surface area contributed by atoms with Crippen LogP contribution in [0.15, 0.2) is 30.3 Å². The standard InChI is InChI=1S/C9H19N.C6H5NO2/c1-8-6-5-7-10(4)9(8,2)3;8-7(9)6-4-2-1-3-5-6/h8H,5-7H2,1-4H3;1-5H. The van der Waals surface area contributed by atoms with Crippen molar-refractivity contribution in [2.75, 3.05) is 13.6 Å². The van der Waals surface area contributed by atoms with E-state index >= 15 is 0 Å². The second kappa shape index (κ2) is 6.66. The predicted molar refractivity (Wildman–Crippen MR) is 78.2 cm³/mol. The molecule has 0 aromatic heterocycles. The number of rotatable bonds is 1. The van der Waals surface area contributed by atoms with Crippen LogP contribution in [-0.2, 0) is 0 Å². The quantitative estimate of drug-likeness (QED) is 0.573. The van der Waals surface area contributed by atoms with Crippen LogP contribution in [0.25, 0.3) is 0 Å². The van der Waals surface area contributed by atoms with Crippen molar-refractivity contribution in [3.05, 3.63) is 40.4 Å². The van der Waals surface area contributed by atoms with E-state index in [1.165, 1.54) is 31.5 Å². The van der Waals surface area contributed by atoms with Gasteiger partial charge in [-0.3, -0.25) is 10.1 Å². The van der Waals surface area contributed by atoms with E-state index in [9.17, 15) is 10.1 Å². The Kier molecular flexibility index (Phi) is 5.48. The molecule has 1 atom stereocenters. The van der Waals surface area contributed by atoms with Crippen LogP contribution in [0, 0.1) is 16.0 Å². The van der Waals surface area contributed by atoms with Gasteiger partial charge in [-0.1, -0.05) is 25.1 Å². The SMILES string of the molecule is CC1CCCN(C)C1(C)C.O=[N+]([O-])c1ccccc1. The first kappa shape index (κ1) is 15.6. The Labute approximate surface area is 115 Å². The van der Waals surface area contributed by atoms with Gasteiger partial charge in [0, 0.05) is 17.7 Å². The smallest absolute Gasteiger partial charge is 0.269 e. The predicted octanol–water partition coefficient (Wildman–Crippen LogP) is 3.72. The molecule has 0 N–H and O–H groups in total. The molecule has 1 saturated heterocycles. The summed E-state index contributed by atoms with van der Waals surface area (Å²) < 4.78 is 0. The molecular weight excluding hydrogens is 240 g/mol. The fourth-order valence-corrected chi connectivity index (χ4v) is 2.20. The molecule has 1 aliphatic heterocycles. The molecule has 0 aliphatic carbocycles. The second-order valence-electron chi connectivity index (χ2n) is 5.71. The van der Waals surface area contributed by atoms with Crippen LogP contribution in [0.1, 0.15) is 33.6 Å². The van der Waals surface area contributed by atoms with Crippen LogP contribution < -0.4 is 0 Å². The Balaban J connectivity index is 0.000000191. The van der Waals surface area contributed by atoms with Gasteiger partial charge in [-0.25, -0.2) is 0 Å². The number of benzene rings is 1. The zero-order chi connectivity index (χ0) is 14.5. The average Bonchev–Trinajstić information content (AvgIpc) is 2.38. The van der Waals surface area contributed by atoms with E-state index in [4.69, 9.17) is 0 Å². The summed E-state index contributed by atoms with van der Waals surface area (Å²) in [6.07, 6.45) is 2.78. The van der Waals surface area contributed by atoms with E-state index in [1.54, 1.807) is 18.2 Å². The third-order valence-electron chi connectivity index (χ3n) is 4.29. The molecule has 4 heteroatoms. The molecule has 0 saturated carbocycles. The van der Waals surface area contributed by atoms with Gasteiger partial charge in [0.15, 0.2) is 0 Å². The number of hydrogen-bond donors (Lipinski definition) is 0. The van der Waals surface area contributed by atoms with Gasteiger partial charge in [0.2, 0.25) is 0 Å². The van der Waals surface area contributed by atoms with Crippen LogP contribution >= 0.6 is 0 Å². The van der Waals surface area contributed by atoms with Gasteiger partial charge >= 0.3 is 0 Å². The molecule has 19 heavy (non-hydrogen) atoms. The molecule has 1 heterocycles. The fourth-order valence-electron chi connectivity index (χ4n) is 2.20. The third kappa shape index (κ3) is 4.31. The molecule has 2 rings (SSSR count). The minimum Gasteiger partial charge on any atom is -0.301 e. The number of para-hydroxylation sites is 1. The van der Waals surface area contributed by atoms with Crippen molar-refractivity contribution in [3.8, 4) is 0 Å². The largest absolute Gasteiger partial charge is 0.301 e. The van der Waals surface area contributed by atoms with E-state index in [0.29, 0.717) is 5.54 Å². The second-order valence-corrected chi connectivity index (χ2v) is 5.71. The monoisotopic (exact) mass is 264 g/mol. The zero-order valence-corrected chi connectivity index (χ0v) is 12.3.